The predicted octanol–water partition coefficient (Wildman–Crippen LogP) is 2.25. The normalized spacial score (nSPS) is 24.8. The van der Waals surface area contributed by atoms with Gasteiger partial charge in [-0.2, -0.15) is 0 Å². The Kier molecular flexibility index (Phi) is 3.55. The first-order valence-corrected chi connectivity index (χ1v) is 7.61. The molecule has 1 amide bonds. The van der Waals surface area contributed by atoms with E-state index in [0.717, 1.165) is 30.6 Å². The lowest BCUT2D eigenvalue weighted by Gasteiger charge is -2.22. The minimum atomic E-state index is -0.0518. The van der Waals surface area contributed by atoms with E-state index in [1.54, 1.807) is 6.07 Å². The van der Waals surface area contributed by atoms with Gasteiger partial charge < -0.3 is 16.0 Å². The minimum absolute atomic E-state index is 0.0518. The van der Waals surface area contributed by atoms with Gasteiger partial charge in [0, 0.05) is 25.2 Å². The highest BCUT2D eigenvalue weighted by Gasteiger charge is 2.36. The number of carbonyl (C=O) groups is 1. The number of nitrogen functional groups attached to an aromatic ring is 1. The van der Waals surface area contributed by atoms with Gasteiger partial charge in [0.15, 0.2) is 0 Å². The van der Waals surface area contributed by atoms with E-state index in [0.29, 0.717) is 17.8 Å². The number of nitrogens with one attached hydrogen (secondary N) is 1. The second-order valence-electron chi connectivity index (χ2n) is 5.99. The van der Waals surface area contributed by atoms with Crippen LogP contribution in [-0.4, -0.2) is 25.5 Å². The zero-order valence-corrected chi connectivity index (χ0v) is 12.1. The number of hydrogen-bond donors (Lipinski definition) is 2. The Balaban J connectivity index is 1.76. The summed E-state index contributed by atoms with van der Waals surface area (Å²) in [4.78, 5) is 14.2. The summed E-state index contributed by atoms with van der Waals surface area (Å²) >= 11 is 0. The van der Waals surface area contributed by atoms with E-state index in [-0.39, 0.29) is 5.91 Å². The van der Waals surface area contributed by atoms with Gasteiger partial charge in [0.2, 0.25) is 0 Å². The molecule has 1 saturated heterocycles. The quantitative estimate of drug-likeness (QED) is 0.831. The van der Waals surface area contributed by atoms with Crippen LogP contribution in [0.1, 0.15) is 36.5 Å². The van der Waals surface area contributed by atoms with E-state index < -0.39 is 0 Å². The van der Waals surface area contributed by atoms with Gasteiger partial charge in [0.25, 0.3) is 5.91 Å². The first kappa shape index (κ1) is 13.3. The lowest BCUT2D eigenvalue weighted by Crippen LogP contribution is -2.24. The van der Waals surface area contributed by atoms with Crippen LogP contribution in [0.5, 0.6) is 0 Å². The Morgan fingerprint density at radius 1 is 1.35 bits per heavy atom. The summed E-state index contributed by atoms with van der Waals surface area (Å²) in [5.74, 6) is 1.64. The monoisotopic (exact) mass is 273 g/mol. The zero-order chi connectivity index (χ0) is 14.1. The fourth-order valence-electron chi connectivity index (χ4n) is 3.68. The molecule has 108 valence electrons. The highest BCUT2D eigenvalue weighted by molar-refractivity contribution is 5.96. The number of amides is 1. The molecule has 1 aromatic carbocycles. The summed E-state index contributed by atoms with van der Waals surface area (Å²) in [7, 11) is 0. The summed E-state index contributed by atoms with van der Waals surface area (Å²) in [6.07, 6.45) is 4.10. The molecule has 1 saturated carbocycles. The fourth-order valence-corrected chi connectivity index (χ4v) is 3.68. The minimum Gasteiger partial charge on any atom is -0.397 e. The molecular weight excluding hydrogens is 250 g/mol. The molecule has 3 rings (SSSR count). The summed E-state index contributed by atoms with van der Waals surface area (Å²) in [6.45, 7) is 4.79. The average Bonchev–Trinajstić information content (AvgIpc) is 2.99. The van der Waals surface area contributed by atoms with Gasteiger partial charge in [-0.25, -0.2) is 0 Å². The molecule has 4 nitrogen and oxygen atoms in total. The molecule has 0 spiro atoms. The fraction of sp³-hybridized carbons (Fsp3) is 0.562. The van der Waals surface area contributed by atoms with Crippen molar-refractivity contribution in [1.29, 1.82) is 0 Å². The molecule has 0 bridgehead atoms. The van der Waals surface area contributed by atoms with Crippen LogP contribution < -0.4 is 16.0 Å². The summed E-state index contributed by atoms with van der Waals surface area (Å²) < 4.78 is 0. The van der Waals surface area contributed by atoms with Crippen molar-refractivity contribution in [2.45, 2.75) is 26.2 Å². The topological polar surface area (TPSA) is 58.4 Å². The second-order valence-corrected chi connectivity index (χ2v) is 5.99. The molecule has 2 aliphatic rings. The molecule has 1 aliphatic carbocycles. The molecule has 2 atom stereocenters. The number of nitrogens with two attached hydrogens (primary N) is 1. The lowest BCUT2D eigenvalue weighted by atomic mass is 10.0. The van der Waals surface area contributed by atoms with Crippen molar-refractivity contribution >= 4 is 17.3 Å². The smallest absolute Gasteiger partial charge is 0.251 e. The van der Waals surface area contributed by atoms with Gasteiger partial charge in [0.1, 0.15) is 0 Å². The third kappa shape index (κ3) is 2.35. The van der Waals surface area contributed by atoms with E-state index in [9.17, 15) is 4.79 Å². The summed E-state index contributed by atoms with van der Waals surface area (Å²) in [6, 6.07) is 5.68. The van der Waals surface area contributed by atoms with Crippen molar-refractivity contribution in [1.82, 2.24) is 5.32 Å². The highest BCUT2D eigenvalue weighted by Crippen LogP contribution is 2.40. The van der Waals surface area contributed by atoms with Gasteiger partial charge in [-0.1, -0.05) is 6.42 Å². The van der Waals surface area contributed by atoms with Crippen LogP contribution in [0.3, 0.4) is 0 Å². The molecular formula is C16H23N3O. The summed E-state index contributed by atoms with van der Waals surface area (Å²) in [5.41, 5.74) is 8.62. The van der Waals surface area contributed by atoms with E-state index in [4.69, 9.17) is 5.73 Å². The number of hydrogen-bond acceptors (Lipinski definition) is 3. The molecule has 2 unspecified atom stereocenters. The van der Waals surface area contributed by atoms with E-state index in [1.807, 2.05) is 19.1 Å². The number of anilines is 2. The van der Waals surface area contributed by atoms with Gasteiger partial charge >= 0.3 is 0 Å². The third-order valence-corrected chi connectivity index (χ3v) is 4.69. The van der Waals surface area contributed by atoms with Gasteiger partial charge in [-0.3, -0.25) is 4.79 Å². The van der Waals surface area contributed by atoms with E-state index >= 15 is 0 Å². The maximum atomic E-state index is 11.8. The number of nitrogens with zero attached hydrogens (tertiary/aromatic N) is 1. The molecule has 1 heterocycles. The molecule has 2 fully saturated rings. The Morgan fingerprint density at radius 3 is 2.65 bits per heavy atom. The molecule has 0 aromatic heterocycles. The SMILES string of the molecule is CCNC(=O)c1ccc(N2CC3CCCC3C2)c(N)c1. The van der Waals surface area contributed by atoms with E-state index in [2.05, 4.69) is 10.2 Å². The van der Waals surface area contributed by atoms with Crippen molar-refractivity contribution in [2.24, 2.45) is 11.8 Å². The highest BCUT2D eigenvalue weighted by atomic mass is 16.1. The molecule has 4 heteroatoms. The average molecular weight is 273 g/mol. The number of benzene rings is 1. The van der Waals surface area contributed by atoms with Crippen molar-refractivity contribution in [3.8, 4) is 0 Å². The molecule has 1 aromatic rings. The van der Waals surface area contributed by atoms with Crippen molar-refractivity contribution in [3.63, 3.8) is 0 Å². The van der Waals surface area contributed by atoms with E-state index in [1.165, 1.54) is 19.3 Å². The van der Waals surface area contributed by atoms with Crippen LogP contribution in [0.4, 0.5) is 11.4 Å². The standard InChI is InChI=1S/C16H23N3O/c1-2-18-16(20)11-6-7-15(14(17)8-11)19-9-12-4-3-5-13(12)10-19/h6-8,12-13H,2-5,9-10,17H2,1H3,(H,18,20). The zero-order valence-electron chi connectivity index (χ0n) is 12.1. The van der Waals surface area contributed by atoms with Gasteiger partial charge in [-0.15, -0.1) is 0 Å². The Hall–Kier alpha value is -1.71. The van der Waals surface area contributed by atoms with Crippen molar-refractivity contribution in [2.75, 3.05) is 30.3 Å². The van der Waals surface area contributed by atoms with Gasteiger partial charge in [0.05, 0.1) is 11.4 Å². The van der Waals surface area contributed by atoms with Gasteiger partial charge in [-0.05, 0) is 49.8 Å². The van der Waals surface area contributed by atoms with Crippen LogP contribution in [0, 0.1) is 11.8 Å². The largest absolute Gasteiger partial charge is 0.397 e. The third-order valence-electron chi connectivity index (χ3n) is 4.69. The van der Waals surface area contributed by atoms with Crippen molar-refractivity contribution < 1.29 is 4.79 Å². The number of rotatable bonds is 3. The molecule has 3 N–H and O–H groups in total. The van der Waals surface area contributed by atoms with Crippen LogP contribution in [-0.2, 0) is 0 Å². The number of carbonyl (C=O) groups excluding carboxylic acids is 1. The van der Waals surface area contributed by atoms with Crippen LogP contribution >= 0.6 is 0 Å². The Labute approximate surface area is 120 Å². The first-order chi connectivity index (χ1) is 9.69. The molecule has 1 aliphatic heterocycles. The predicted molar refractivity (Wildman–Crippen MR) is 81.9 cm³/mol. The second kappa shape index (κ2) is 5.35. The molecule has 20 heavy (non-hydrogen) atoms. The Morgan fingerprint density at radius 2 is 2.05 bits per heavy atom. The first-order valence-electron chi connectivity index (χ1n) is 7.61. The maximum Gasteiger partial charge on any atom is 0.251 e. The van der Waals surface area contributed by atoms with Crippen LogP contribution in [0.15, 0.2) is 18.2 Å². The van der Waals surface area contributed by atoms with Crippen LogP contribution in [0.2, 0.25) is 0 Å². The maximum absolute atomic E-state index is 11.8. The molecule has 0 radical (unpaired) electrons. The van der Waals surface area contributed by atoms with Crippen molar-refractivity contribution in [3.05, 3.63) is 23.8 Å². The van der Waals surface area contributed by atoms with Crippen LogP contribution in [0.25, 0.3) is 0 Å². The summed E-state index contributed by atoms with van der Waals surface area (Å²) in [5, 5.41) is 2.80. The lowest BCUT2D eigenvalue weighted by molar-refractivity contribution is 0.0956. The Bertz CT molecular complexity index is 502. The number of fused-ring (bicyclic) bond motifs is 1.